The molecule has 1 N–H and O–H groups in total. The minimum Gasteiger partial charge on any atom is -0.309 e. The minimum atomic E-state index is 0.681. The van der Waals surface area contributed by atoms with Crippen molar-refractivity contribution in [1.29, 1.82) is 0 Å². The lowest BCUT2D eigenvalue weighted by molar-refractivity contribution is 0.293. The van der Waals surface area contributed by atoms with Gasteiger partial charge in [0, 0.05) is 30.4 Å². The average Bonchev–Trinajstić information content (AvgIpc) is 2.80. The zero-order valence-electron chi connectivity index (χ0n) is 10.0. The predicted octanol–water partition coefficient (Wildman–Crippen LogP) is 1.95. The van der Waals surface area contributed by atoms with E-state index in [1.807, 2.05) is 11.8 Å². The summed E-state index contributed by atoms with van der Waals surface area (Å²) in [5.41, 5.74) is 0. The van der Waals surface area contributed by atoms with E-state index in [0.29, 0.717) is 6.04 Å². The molecule has 3 heteroatoms. The van der Waals surface area contributed by atoms with Crippen molar-refractivity contribution < 1.29 is 0 Å². The molecule has 2 rings (SSSR count). The van der Waals surface area contributed by atoms with Gasteiger partial charge in [-0.1, -0.05) is 6.92 Å². The summed E-state index contributed by atoms with van der Waals surface area (Å²) in [5, 5.41) is 3.82. The molecule has 3 unspecified atom stereocenters. The van der Waals surface area contributed by atoms with Crippen LogP contribution in [0.15, 0.2) is 0 Å². The second kappa shape index (κ2) is 5.55. The average molecular weight is 228 g/mol. The summed E-state index contributed by atoms with van der Waals surface area (Å²) in [5.74, 6) is 2.51. The molecule has 0 spiro atoms. The number of nitrogens with one attached hydrogen (secondary N) is 1. The predicted molar refractivity (Wildman–Crippen MR) is 68.6 cm³/mol. The number of rotatable bonds is 5. The Morgan fingerprint density at radius 1 is 1.40 bits per heavy atom. The normalized spacial score (nSPS) is 33.2. The van der Waals surface area contributed by atoms with Gasteiger partial charge in [0.25, 0.3) is 0 Å². The Balaban J connectivity index is 1.74. The van der Waals surface area contributed by atoms with E-state index in [-0.39, 0.29) is 0 Å². The fourth-order valence-electron chi connectivity index (χ4n) is 2.99. The smallest absolute Gasteiger partial charge is 0.0250 e. The van der Waals surface area contributed by atoms with Gasteiger partial charge in [0.1, 0.15) is 0 Å². The lowest BCUT2D eigenvalue weighted by Gasteiger charge is -2.24. The largest absolute Gasteiger partial charge is 0.309 e. The Bertz CT molecular complexity index is 198. The third-order valence-electron chi connectivity index (χ3n) is 3.68. The Morgan fingerprint density at radius 2 is 2.27 bits per heavy atom. The Hall–Kier alpha value is 0.270. The van der Waals surface area contributed by atoms with E-state index in [1.54, 1.807) is 0 Å². The highest BCUT2D eigenvalue weighted by atomic mass is 32.2. The molecule has 15 heavy (non-hydrogen) atoms. The molecule has 0 aromatic rings. The molecule has 0 saturated carbocycles. The standard InChI is InChI=1S/C12H24N2S/c1-3-15-9-10(2)13-11-6-8-14-7-4-5-12(11)14/h10-13H,3-9H2,1-2H3. The molecule has 0 bridgehead atoms. The van der Waals surface area contributed by atoms with Crippen molar-refractivity contribution in [2.24, 2.45) is 0 Å². The molecule has 2 aliphatic rings. The van der Waals surface area contributed by atoms with Gasteiger partial charge < -0.3 is 5.32 Å². The molecule has 0 aromatic carbocycles. The van der Waals surface area contributed by atoms with Crippen LogP contribution in [0.3, 0.4) is 0 Å². The van der Waals surface area contributed by atoms with Gasteiger partial charge in [-0.05, 0) is 38.5 Å². The molecule has 2 nitrogen and oxygen atoms in total. The fraction of sp³-hybridized carbons (Fsp3) is 1.00. The SMILES string of the molecule is CCSCC(C)NC1CCN2CCCC12. The van der Waals surface area contributed by atoms with Crippen LogP contribution in [0.4, 0.5) is 0 Å². The fourth-order valence-corrected chi connectivity index (χ4v) is 3.67. The number of hydrogen-bond donors (Lipinski definition) is 1. The van der Waals surface area contributed by atoms with E-state index in [1.165, 1.54) is 43.9 Å². The summed E-state index contributed by atoms with van der Waals surface area (Å²) in [7, 11) is 0. The van der Waals surface area contributed by atoms with E-state index in [2.05, 4.69) is 24.1 Å². The quantitative estimate of drug-likeness (QED) is 0.774. The first-order chi connectivity index (χ1) is 7.31. The van der Waals surface area contributed by atoms with Gasteiger partial charge in [0.05, 0.1) is 0 Å². The summed E-state index contributed by atoms with van der Waals surface area (Å²) >= 11 is 2.05. The van der Waals surface area contributed by atoms with E-state index in [9.17, 15) is 0 Å². The Morgan fingerprint density at radius 3 is 3.07 bits per heavy atom. The van der Waals surface area contributed by atoms with Crippen molar-refractivity contribution in [2.45, 2.75) is 51.2 Å². The van der Waals surface area contributed by atoms with Gasteiger partial charge in [0.2, 0.25) is 0 Å². The van der Waals surface area contributed by atoms with Crippen LogP contribution in [0.1, 0.15) is 33.1 Å². The van der Waals surface area contributed by atoms with Gasteiger partial charge in [-0.15, -0.1) is 0 Å². The van der Waals surface area contributed by atoms with Gasteiger partial charge >= 0.3 is 0 Å². The van der Waals surface area contributed by atoms with Crippen molar-refractivity contribution in [3.8, 4) is 0 Å². The first-order valence-electron chi connectivity index (χ1n) is 6.39. The van der Waals surface area contributed by atoms with Gasteiger partial charge in [0.15, 0.2) is 0 Å². The first kappa shape index (κ1) is 11.7. The number of thioether (sulfide) groups is 1. The Labute approximate surface area is 98.2 Å². The first-order valence-corrected chi connectivity index (χ1v) is 7.54. The van der Waals surface area contributed by atoms with Crippen molar-refractivity contribution in [3.05, 3.63) is 0 Å². The second-order valence-electron chi connectivity index (χ2n) is 4.87. The highest BCUT2D eigenvalue weighted by molar-refractivity contribution is 7.99. The molecule has 2 fully saturated rings. The highest BCUT2D eigenvalue weighted by Gasteiger charge is 2.37. The number of hydrogen-bond acceptors (Lipinski definition) is 3. The minimum absolute atomic E-state index is 0.681. The molecule has 0 radical (unpaired) electrons. The summed E-state index contributed by atoms with van der Waals surface area (Å²) in [6.07, 6.45) is 4.21. The maximum absolute atomic E-state index is 3.82. The van der Waals surface area contributed by atoms with E-state index in [4.69, 9.17) is 0 Å². The summed E-state index contributed by atoms with van der Waals surface area (Å²) in [4.78, 5) is 2.68. The molecule has 0 aliphatic carbocycles. The van der Waals surface area contributed by atoms with Crippen LogP contribution in [-0.2, 0) is 0 Å². The van der Waals surface area contributed by atoms with Crippen LogP contribution < -0.4 is 5.32 Å². The van der Waals surface area contributed by atoms with Crippen LogP contribution >= 0.6 is 11.8 Å². The van der Waals surface area contributed by atoms with Crippen LogP contribution in [0.25, 0.3) is 0 Å². The Kier molecular flexibility index (Phi) is 4.35. The third-order valence-corrected chi connectivity index (χ3v) is 4.82. The number of nitrogens with zero attached hydrogens (tertiary/aromatic N) is 1. The van der Waals surface area contributed by atoms with E-state index in [0.717, 1.165) is 12.1 Å². The lowest BCUT2D eigenvalue weighted by atomic mass is 10.1. The van der Waals surface area contributed by atoms with Crippen molar-refractivity contribution in [3.63, 3.8) is 0 Å². The zero-order valence-corrected chi connectivity index (χ0v) is 10.9. The second-order valence-corrected chi connectivity index (χ2v) is 6.19. The molecule has 2 heterocycles. The zero-order chi connectivity index (χ0) is 10.7. The van der Waals surface area contributed by atoms with Crippen LogP contribution in [0.5, 0.6) is 0 Å². The van der Waals surface area contributed by atoms with Crippen molar-refractivity contribution >= 4 is 11.8 Å². The third kappa shape index (κ3) is 2.89. The molecule has 0 aromatic heterocycles. The summed E-state index contributed by atoms with van der Waals surface area (Å²) in [6.45, 7) is 7.25. The van der Waals surface area contributed by atoms with E-state index < -0.39 is 0 Å². The monoisotopic (exact) mass is 228 g/mol. The lowest BCUT2D eigenvalue weighted by Crippen LogP contribution is -2.44. The highest BCUT2D eigenvalue weighted by Crippen LogP contribution is 2.28. The van der Waals surface area contributed by atoms with Gasteiger partial charge in [-0.25, -0.2) is 0 Å². The summed E-state index contributed by atoms with van der Waals surface area (Å²) in [6, 6.07) is 2.32. The molecular formula is C12H24N2S. The van der Waals surface area contributed by atoms with Crippen molar-refractivity contribution in [2.75, 3.05) is 24.6 Å². The maximum atomic E-state index is 3.82. The molecule has 2 saturated heterocycles. The molecule has 3 atom stereocenters. The van der Waals surface area contributed by atoms with Crippen LogP contribution in [-0.4, -0.2) is 47.6 Å². The van der Waals surface area contributed by atoms with Crippen LogP contribution in [0.2, 0.25) is 0 Å². The molecule has 0 amide bonds. The number of fused-ring (bicyclic) bond motifs is 1. The molecule has 88 valence electrons. The molecular weight excluding hydrogens is 204 g/mol. The van der Waals surface area contributed by atoms with Gasteiger partial charge in [-0.3, -0.25) is 4.90 Å². The maximum Gasteiger partial charge on any atom is 0.0250 e. The van der Waals surface area contributed by atoms with Crippen molar-refractivity contribution in [1.82, 2.24) is 10.2 Å². The summed E-state index contributed by atoms with van der Waals surface area (Å²) < 4.78 is 0. The molecule has 2 aliphatic heterocycles. The van der Waals surface area contributed by atoms with E-state index >= 15 is 0 Å². The van der Waals surface area contributed by atoms with Gasteiger partial charge in [-0.2, -0.15) is 11.8 Å². The van der Waals surface area contributed by atoms with Crippen LogP contribution in [0, 0.1) is 0 Å². The topological polar surface area (TPSA) is 15.3 Å².